The molecule has 0 saturated carbocycles. The van der Waals surface area contributed by atoms with E-state index in [1.54, 1.807) is 0 Å². The second kappa shape index (κ2) is 4.67. The summed E-state index contributed by atoms with van der Waals surface area (Å²) < 4.78 is 4.34. The van der Waals surface area contributed by atoms with Gasteiger partial charge in [0.05, 0.1) is 5.60 Å². The van der Waals surface area contributed by atoms with Gasteiger partial charge in [-0.3, -0.25) is 0 Å². The first-order chi connectivity index (χ1) is 7.61. The first-order valence-electron chi connectivity index (χ1n) is 5.90. The number of nitrogens with zero attached hydrogens (tertiary/aromatic N) is 3. The maximum atomic E-state index is 10.0. The third kappa shape index (κ3) is 2.71. The smallest absolute Gasteiger partial charge is 0.205 e. The normalized spacial score (nSPS) is 26.1. The minimum absolute atomic E-state index is 0.575. The lowest BCUT2D eigenvalue weighted by Crippen LogP contribution is -2.46. The van der Waals surface area contributed by atoms with Crippen molar-refractivity contribution in [3.8, 4) is 0 Å². The van der Waals surface area contributed by atoms with E-state index in [9.17, 15) is 5.11 Å². The van der Waals surface area contributed by atoms with Crippen molar-refractivity contribution in [2.75, 3.05) is 18.0 Å². The Morgan fingerprint density at radius 3 is 3.06 bits per heavy atom. The zero-order valence-corrected chi connectivity index (χ0v) is 10.8. The van der Waals surface area contributed by atoms with E-state index >= 15 is 0 Å². The van der Waals surface area contributed by atoms with Gasteiger partial charge in [-0.15, -0.1) is 0 Å². The molecule has 1 N–H and O–H groups in total. The molecule has 4 nitrogen and oxygen atoms in total. The standard InChI is InChI=1S/C11H19N3OS/c1-3-5-9-12-10(16-13-9)14-7-4-6-11(2,15)8-14/h15H,3-8H2,1-2H3. The minimum Gasteiger partial charge on any atom is -0.388 e. The predicted octanol–water partition coefficient (Wildman–Crippen LogP) is 1.84. The highest BCUT2D eigenvalue weighted by molar-refractivity contribution is 7.09. The highest BCUT2D eigenvalue weighted by atomic mass is 32.1. The summed E-state index contributed by atoms with van der Waals surface area (Å²) in [5, 5.41) is 11.0. The van der Waals surface area contributed by atoms with Gasteiger partial charge in [0.1, 0.15) is 5.82 Å². The molecule has 5 heteroatoms. The molecular formula is C11H19N3OS. The number of β-amino-alcohol motifs (C(OH)–C–C–N with tert-alkyl or cyclic N) is 1. The molecule has 0 aromatic carbocycles. The van der Waals surface area contributed by atoms with E-state index in [4.69, 9.17) is 0 Å². The SMILES string of the molecule is CCCc1nsc(N2CCCC(C)(O)C2)n1. The first-order valence-corrected chi connectivity index (χ1v) is 6.68. The Kier molecular flexibility index (Phi) is 3.44. The van der Waals surface area contributed by atoms with Crippen LogP contribution in [0.1, 0.15) is 38.9 Å². The van der Waals surface area contributed by atoms with Gasteiger partial charge in [0, 0.05) is 31.0 Å². The van der Waals surface area contributed by atoms with Gasteiger partial charge >= 0.3 is 0 Å². The molecule has 1 fully saturated rings. The highest BCUT2D eigenvalue weighted by Gasteiger charge is 2.29. The molecule has 90 valence electrons. The number of aromatic nitrogens is 2. The van der Waals surface area contributed by atoms with Crippen molar-refractivity contribution in [3.63, 3.8) is 0 Å². The number of piperidine rings is 1. The number of hydrogen-bond acceptors (Lipinski definition) is 5. The fraction of sp³-hybridized carbons (Fsp3) is 0.818. The van der Waals surface area contributed by atoms with Crippen LogP contribution >= 0.6 is 11.5 Å². The zero-order chi connectivity index (χ0) is 11.6. The van der Waals surface area contributed by atoms with Crippen LogP contribution in [0.4, 0.5) is 5.13 Å². The van der Waals surface area contributed by atoms with Crippen LogP contribution in [-0.4, -0.2) is 33.2 Å². The quantitative estimate of drug-likeness (QED) is 0.877. The number of rotatable bonds is 3. The lowest BCUT2D eigenvalue weighted by atomic mass is 9.96. The molecule has 0 spiro atoms. The summed E-state index contributed by atoms with van der Waals surface area (Å²) in [6, 6.07) is 0. The summed E-state index contributed by atoms with van der Waals surface area (Å²) in [6.45, 7) is 5.68. The number of aryl methyl sites for hydroxylation is 1. The van der Waals surface area contributed by atoms with Crippen molar-refractivity contribution in [1.82, 2.24) is 9.36 Å². The van der Waals surface area contributed by atoms with E-state index in [1.165, 1.54) is 11.5 Å². The Balaban J connectivity index is 2.05. The van der Waals surface area contributed by atoms with E-state index < -0.39 is 5.60 Å². The van der Waals surface area contributed by atoms with E-state index in [0.29, 0.717) is 6.54 Å². The molecule has 0 amide bonds. The second-order valence-corrected chi connectivity index (χ2v) is 5.50. The lowest BCUT2D eigenvalue weighted by molar-refractivity contribution is 0.0449. The van der Waals surface area contributed by atoms with Crippen LogP contribution in [-0.2, 0) is 6.42 Å². The minimum atomic E-state index is -0.575. The van der Waals surface area contributed by atoms with Gasteiger partial charge in [0.15, 0.2) is 0 Å². The first kappa shape index (κ1) is 11.8. The molecule has 1 aliphatic heterocycles. The van der Waals surface area contributed by atoms with Crippen molar-refractivity contribution < 1.29 is 5.11 Å². The summed E-state index contributed by atoms with van der Waals surface area (Å²) in [5.74, 6) is 0.938. The van der Waals surface area contributed by atoms with E-state index in [-0.39, 0.29) is 0 Å². The fourth-order valence-corrected chi connectivity index (χ4v) is 2.82. The topological polar surface area (TPSA) is 49.2 Å². The molecule has 0 aliphatic carbocycles. The summed E-state index contributed by atoms with van der Waals surface area (Å²) >= 11 is 1.45. The van der Waals surface area contributed by atoms with Gasteiger partial charge in [0.2, 0.25) is 5.13 Å². The molecule has 1 aromatic heterocycles. The molecule has 1 atom stereocenters. The Bertz CT molecular complexity index is 351. The molecule has 2 rings (SSSR count). The van der Waals surface area contributed by atoms with Crippen molar-refractivity contribution in [2.24, 2.45) is 0 Å². The number of aliphatic hydroxyl groups is 1. The maximum Gasteiger partial charge on any atom is 0.205 e. The average Bonchev–Trinajstić information content (AvgIpc) is 2.65. The van der Waals surface area contributed by atoms with Crippen LogP contribution in [0.5, 0.6) is 0 Å². The Morgan fingerprint density at radius 2 is 2.38 bits per heavy atom. The van der Waals surface area contributed by atoms with Crippen molar-refractivity contribution in [3.05, 3.63) is 5.82 Å². The maximum absolute atomic E-state index is 10.0. The Morgan fingerprint density at radius 1 is 1.56 bits per heavy atom. The van der Waals surface area contributed by atoms with Crippen LogP contribution in [0, 0.1) is 0 Å². The van der Waals surface area contributed by atoms with Crippen molar-refractivity contribution in [2.45, 2.75) is 45.1 Å². The van der Waals surface area contributed by atoms with Crippen LogP contribution in [0.2, 0.25) is 0 Å². The molecule has 0 radical (unpaired) electrons. The average molecular weight is 241 g/mol. The van der Waals surface area contributed by atoms with Crippen molar-refractivity contribution in [1.29, 1.82) is 0 Å². The van der Waals surface area contributed by atoms with E-state index in [2.05, 4.69) is 21.2 Å². The zero-order valence-electron chi connectivity index (χ0n) is 9.94. The molecule has 16 heavy (non-hydrogen) atoms. The monoisotopic (exact) mass is 241 g/mol. The third-order valence-corrected chi connectivity index (χ3v) is 3.69. The lowest BCUT2D eigenvalue weighted by Gasteiger charge is -2.36. The molecule has 0 bridgehead atoms. The Labute approximate surface area is 100 Å². The van der Waals surface area contributed by atoms with Gasteiger partial charge in [-0.25, -0.2) is 4.98 Å². The van der Waals surface area contributed by atoms with Crippen LogP contribution < -0.4 is 4.90 Å². The molecule has 1 aliphatic rings. The molecule has 1 unspecified atom stereocenters. The molecule has 1 saturated heterocycles. The largest absolute Gasteiger partial charge is 0.388 e. The summed E-state index contributed by atoms with van der Waals surface area (Å²) in [4.78, 5) is 6.66. The molecule has 1 aromatic rings. The number of anilines is 1. The van der Waals surface area contributed by atoms with E-state index in [1.807, 2.05) is 6.92 Å². The summed E-state index contributed by atoms with van der Waals surface area (Å²) in [5.41, 5.74) is -0.575. The van der Waals surface area contributed by atoms with Crippen LogP contribution in [0.3, 0.4) is 0 Å². The predicted molar refractivity (Wildman–Crippen MR) is 66.0 cm³/mol. The van der Waals surface area contributed by atoms with Gasteiger partial charge < -0.3 is 10.0 Å². The van der Waals surface area contributed by atoms with Gasteiger partial charge in [-0.05, 0) is 26.2 Å². The third-order valence-electron chi connectivity index (χ3n) is 2.88. The highest BCUT2D eigenvalue weighted by Crippen LogP contribution is 2.26. The summed E-state index contributed by atoms with van der Waals surface area (Å²) in [7, 11) is 0. The van der Waals surface area contributed by atoms with E-state index in [0.717, 1.165) is 43.2 Å². The van der Waals surface area contributed by atoms with Gasteiger partial charge in [-0.1, -0.05) is 6.92 Å². The van der Waals surface area contributed by atoms with Crippen LogP contribution in [0.15, 0.2) is 0 Å². The Hall–Kier alpha value is -0.680. The summed E-state index contributed by atoms with van der Waals surface area (Å²) in [6.07, 6.45) is 3.93. The molecule has 2 heterocycles. The van der Waals surface area contributed by atoms with Crippen LogP contribution in [0.25, 0.3) is 0 Å². The fourth-order valence-electron chi connectivity index (χ4n) is 2.08. The second-order valence-electron chi connectivity index (χ2n) is 4.77. The van der Waals surface area contributed by atoms with Crippen molar-refractivity contribution >= 4 is 16.7 Å². The molecular weight excluding hydrogens is 222 g/mol. The van der Waals surface area contributed by atoms with Gasteiger partial charge in [0.25, 0.3) is 0 Å². The number of hydrogen-bond donors (Lipinski definition) is 1. The van der Waals surface area contributed by atoms with Gasteiger partial charge in [-0.2, -0.15) is 4.37 Å².